The van der Waals surface area contributed by atoms with Crippen LogP contribution < -0.4 is 10.5 Å². The normalized spacial score (nSPS) is 11.1. The maximum atomic E-state index is 6.10. The zero-order valence-electron chi connectivity index (χ0n) is 13.7. The molecule has 3 aromatic heterocycles. The third-order valence-electron chi connectivity index (χ3n) is 3.79. The van der Waals surface area contributed by atoms with E-state index in [2.05, 4.69) is 24.7 Å². The van der Waals surface area contributed by atoms with Gasteiger partial charge in [-0.15, -0.1) is 5.10 Å². The summed E-state index contributed by atoms with van der Waals surface area (Å²) >= 11 is 1.24. The van der Waals surface area contributed by atoms with E-state index in [0.29, 0.717) is 23.8 Å². The van der Waals surface area contributed by atoms with Crippen molar-refractivity contribution < 1.29 is 4.74 Å². The minimum atomic E-state index is 0.393. The van der Waals surface area contributed by atoms with Gasteiger partial charge in [-0.05, 0) is 36.2 Å². The van der Waals surface area contributed by atoms with Crippen molar-refractivity contribution in [2.45, 2.75) is 13.5 Å². The maximum absolute atomic E-state index is 6.10. The van der Waals surface area contributed by atoms with Crippen molar-refractivity contribution in [2.24, 2.45) is 0 Å². The lowest BCUT2D eigenvalue weighted by Gasteiger charge is -2.04. The number of nitrogens with zero attached hydrogens (tertiary/aromatic N) is 6. The van der Waals surface area contributed by atoms with Crippen molar-refractivity contribution in [3.8, 4) is 16.5 Å². The summed E-state index contributed by atoms with van der Waals surface area (Å²) in [6, 6.07) is 7.84. The minimum absolute atomic E-state index is 0.393. The zero-order valence-corrected chi connectivity index (χ0v) is 14.5. The molecule has 0 unspecified atom stereocenters. The largest absolute Gasteiger partial charge is 0.497 e. The summed E-state index contributed by atoms with van der Waals surface area (Å²) in [7, 11) is 1.65. The number of nitrogens with two attached hydrogens (primary N) is 1. The third kappa shape index (κ3) is 2.89. The fourth-order valence-corrected chi connectivity index (χ4v) is 3.14. The molecule has 0 atom stereocenters. The maximum Gasteiger partial charge on any atom is 0.186 e. The minimum Gasteiger partial charge on any atom is -0.497 e. The van der Waals surface area contributed by atoms with Crippen molar-refractivity contribution in [1.82, 2.24) is 29.3 Å². The van der Waals surface area contributed by atoms with Crippen LogP contribution in [0.1, 0.15) is 11.3 Å². The molecule has 0 amide bonds. The highest BCUT2D eigenvalue weighted by Crippen LogP contribution is 2.26. The molecule has 0 bridgehead atoms. The first kappa shape index (κ1) is 15.5. The molecule has 1 aromatic carbocycles. The first-order valence-electron chi connectivity index (χ1n) is 7.57. The average molecular weight is 353 g/mol. The Kier molecular flexibility index (Phi) is 3.77. The van der Waals surface area contributed by atoms with Crippen LogP contribution in [0, 0.1) is 6.92 Å². The Balaban J connectivity index is 1.72. The lowest BCUT2D eigenvalue weighted by atomic mass is 10.2. The van der Waals surface area contributed by atoms with E-state index >= 15 is 0 Å². The number of methoxy groups -OCH3 is 1. The molecule has 8 nitrogen and oxygen atoms in total. The van der Waals surface area contributed by atoms with E-state index in [1.54, 1.807) is 11.8 Å². The number of aromatic nitrogens is 6. The summed E-state index contributed by atoms with van der Waals surface area (Å²) < 4.78 is 11.0. The average Bonchev–Trinajstić information content (AvgIpc) is 3.21. The van der Waals surface area contributed by atoms with Crippen molar-refractivity contribution >= 4 is 28.4 Å². The number of anilines is 1. The molecule has 25 heavy (non-hydrogen) atoms. The molecule has 3 heterocycles. The number of nitrogen functional groups attached to an aromatic ring is 1. The van der Waals surface area contributed by atoms with Gasteiger partial charge in [-0.1, -0.05) is 16.6 Å². The number of benzene rings is 1. The van der Waals surface area contributed by atoms with Gasteiger partial charge in [0.15, 0.2) is 11.5 Å². The first-order chi connectivity index (χ1) is 12.1. The Morgan fingerprint density at radius 2 is 2.16 bits per heavy atom. The second kappa shape index (κ2) is 6.10. The Morgan fingerprint density at radius 3 is 2.92 bits per heavy atom. The molecule has 4 aromatic rings. The number of hydrogen-bond acceptors (Lipinski definition) is 8. The molecule has 0 aliphatic heterocycles. The fourth-order valence-electron chi connectivity index (χ4n) is 2.55. The summed E-state index contributed by atoms with van der Waals surface area (Å²) in [6.45, 7) is 2.45. The molecule has 4 rings (SSSR count). The van der Waals surface area contributed by atoms with Gasteiger partial charge < -0.3 is 10.5 Å². The van der Waals surface area contributed by atoms with E-state index in [-0.39, 0.29) is 0 Å². The highest BCUT2D eigenvalue weighted by Gasteiger charge is 2.15. The van der Waals surface area contributed by atoms with Crippen LogP contribution in [0.5, 0.6) is 5.75 Å². The molecule has 2 N–H and O–H groups in total. The van der Waals surface area contributed by atoms with Crippen molar-refractivity contribution in [2.75, 3.05) is 12.8 Å². The second-order valence-corrected chi connectivity index (χ2v) is 6.29. The number of rotatable bonds is 4. The monoisotopic (exact) mass is 353 g/mol. The van der Waals surface area contributed by atoms with Gasteiger partial charge in [0.1, 0.15) is 16.4 Å². The predicted octanol–water partition coefficient (Wildman–Crippen LogP) is 2.29. The van der Waals surface area contributed by atoms with Crippen LogP contribution in [-0.2, 0) is 6.54 Å². The van der Waals surface area contributed by atoms with Crippen LogP contribution >= 0.6 is 11.5 Å². The number of ether oxygens (including phenoxy) is 1. The third-order valence-corrected chi connectivity index (χ3v) is 4.61. The molecule has 9 heteroatoms. The molecule has 0 radical (unpaired) electrons. The Bertz CT molecular complexity index is 1060. The smallest absolute Gasteiger partial charge is 0.186 e. The number of fused-ring (bicyclic) bond motifs is 1. The first-order valence-corrected chi connectivity index (χ1v) is 8.34. The van der Waals surface area contributed by atoms with Crippen LogP contribution in [0.25, 0.3) is 21.7 Å². The molecule has 0 saturated carbocycles. The van der Waals surface area contributed by atoms with Gasteiger partial charge in [-0.2, -0.15) is 5.10 Å². The van der Waals surface area contributed by atoms with Gasteiger partial charge >= 0.3 is 0 Å². The zero-order chi connectivity index (χ0) is 17.4. The summed E-state index contributed by atoms with van der Waals surface area (Å²) in [4.78, 5) is 9.70. The lowest BCUT2D eigenvalue weighted by Crippen LogP contribution is -2.00. The summed E-state index contributed by atoms with van der Waals surface area (Å²) in [5, 5.41) is 9.25. The molecule has 0 aliphatic rings. The Hall–Kier alpha value is -3.07. The molecular weight excluding hydrogens is 338 g/mol. The summed E-state index contributed by atoms with van der Waals surface area (Å²) in [5.41, 5.74) is 8.51. The standard InChI is InChI=1S/C16H15N7OS/c1-9-13(25-22-20-9)16-18-14(17)12-8-23(21-15(12)19-16)7-10-4-3-5-11(6-10)24-2/h3-6,8H,7H2,1-2H3,(H2,17,18,19,21). The molecule has 0 spiro atoms. The van der Waals surface area contributed by atoms with Crippen molar-refractivity contribution in [3.05, 3.63) is 41.7 Å². The van der Waals surface area contributed by atoms with Crippen LogP contribution in [0.3, 0.4) is 0 Å². The lowest BCUT2D eigenvalue weighted by molar-refractivity contribution is 0.414. The number of aryl methyl sites for hydroxylation is 1. The molecule has 0 saturated heterocycles. The van der Waals surface area contributed by atoms with Crippen molar-refractivity contribution in [1.29, 1.82) is 0 Å². The van der Waals surface area contributed by atoms with Gasteiger partial charge in [0, 0.05) is 6.20 Å². The molecule has 0 fully saturated rings. The van der Waals surface area contributed by atoms with Gasteiger partial charge in [-0.3, -0.25) is 4.68 Å². The topological polar surface area (TPSA) is 105 Å². The van der Waals surface area contributed by atoms with Gasteiger partial charge in [0.2, 0.25) is 0 Å². The van der Waals surface area contributed by atoms with E-state index in [9.17, 15) is 0 Å². The Labute approximate surface area is 147 Å². The van der Waals surface area contributed by atoms with Crippen LogP contribution in [-0.4, -0.2) is 36.4 Å². The van der Waals surface area contributed by atoms with E-state index in [1.807, 2.05) is 37.4 Å². The SMILES string of the molecule is COc1cccc(Cn2cc3c(N)nc(-c4snnc4C)nc3n2)c1. The van der Waals surface area contributed by atoms with Gasteiger partial charge in [0.05, 0.1) is 24.7 Å². The highest BCUT2D eigenvalue weighted by molar-refractivity contribution is 7.09. The quantitative estimate of drug-likeness (QED) is 0.600. The highest BCUT2D eigenvalue weighted by atomic mass is 32.1. The fraction of sp³-hybridized carbons (Fsp3) is 0.188. The molecule has 126 valence electrons. The van der Waals surface area contributed by atoms with Crippen LogP contribution in [0.15, 0.2) is 30.5 Å². The molecular formula is C16H15N7OS. The summed E-state index contributed by atoms with van der Waals surface area (Å²) in [5.74, 6) is 1.71. The summed E-state index contributed by atoms with van der Waals surface area (Å²) in [6.07, 6.45) is 1.85. The van der Waals surface area contributed by atoms with Crippen molar-refractivity contribution in [3.63, 3.8) is 0 Å². The van der Waals surface area contributed by atoms with E-state index in [1.165, 1.54) is 11.5 Å². The van der Waals surface area contributed by atoms with Crippen LogP contribution in [0.4, 0.5) is 5.82 Å². The predicted molar refractivity (Wildman–Crippen MR) is 95.5 cm³/mol. The van der Waals surface area contributed by atoms with E-state index in [4.69, 9.17) is 10.5 Å². The number of hydrogen-bond donors (Lipinski definition) is 1. The Morgan fingerprint density at radius 1 is 1.28 bits per heavy atom. The van der Waals surface area contributed by atoms with Gasteiger partial charge in [-0.25, -0.2) is 9.97 Å². The second-order valence-electron chi connectivity index (χ2n) is 5.54. The van der Waals surface area contributed by atoms with E-state index in [0.717, 1.165) is 27.3 Å². The van der Waals surface area contributed by atoms with Gasteiger partial charge in [0.25, 0.3) is 0 Å². The van der Waals surface area contributed by atoms with Crippen LogP contribution in [0.2, 0.25) is 0 Å². The molecule has 0 aliphatic carbocycles. The van der Waals surface area contributed by atoms with E-state index < -0.39 is 0 Å².